The van der Waals surface area contributed by atoms with Crippen LogP contribution in [-0.2, 0) is 6.54 Å². The number of aromatic nitrogens is 3. The molecule has 0 unspecified atom stereocenters. The third-order valence-electron chi connectivity index (χ3n) is 3.63. The number of aryl methyl sites for hydroxylation is 1. The Balaban J connectivity index is 1.65. The minimum atomic E-state index is -0.0128. The first-order chi connectivity index (χ1) is 11.2. The monoisotopic (exact) mass is 339 g/mol. The highest BCUT2D eigenvalue weighted by Gasteiger charge is 2.09. The van der Waals surface area contributed by atoms with E-state index in [0.29, 0.717) is 11.9 Å². The van der Waals surface area contributed by atoms with Crippen LogP contribution in [0.15, 0.2) is 52.2 Å². The van der Waals surface area contributed by atoms with Crippen molar-refractivity contribution in [2.24, 2.45) is 0 Å². The van der Waals surface area contributed by atoms with E-state index in [4.69, 9.17) is 0 Å². The molecule has 6 heteroatoms. The molecule has 4 aromatic rings. The molecule has 4 nitrogen and oxygen atoms in total. The molecule has 0 N–H and O–H groups in total. The van der Waals surface area contributed by atoms with Gasteiger partial charge in [-0.15, -0.1) is 22.7 Å². The number of hydrogen-bond donors (Lipinski definition) is 0. The van der Waals surface area contributed by atoms with E-state index in [-0.39, 0.29) is 5.56 Å². The third-order valence-corrected chi connectivity index (χ3v) is 5.39. The normalized spacial score (nSPS) is 11.2. The van der Waals surface area contributed by atoms with Crippen LogP contribution < -0.4 is 5.56 Å². The summed E-state index contributed by atoms with van der Waals surface area (Å²) in [6, 6.07) is 10.1. The minimum absolute atomic E-state index is 0.0128. The molecule has 3 aromatic heterocycles. The van der Waals surface area contributed by atoms with Crippen molar-refractivity contribution in [3.05, 3.63) is 69.0 Å². The summed E-state index contributed by atoms with van der Waals surface area (Å²) >= 11 is 3.08. The van der Waals surface area contributed by atoms with Crippen molar-refractivity contribution >= 4 is 32.9 Å². The van der Waals surface area contributed by atoms with Gasteiger partial charge in [0.25, 0.3) is 5.56 Å². The van der Waals surface area contributed by atoms with Gasteiger partial charge in [-0.1, -0.05) is 29.8 Å². The number of fused-ring (bicyclic) bond motifs is 1. The molecule has 0 amide bonds. The number of hydrogen-bond acceptors (Lipinski definition) is 5. The Hall–Kier alpha value is -2.31. The molecule has 0 radical (unpaired) electrons. The second kappa shape index (κ2) is 5.72. The second-order valence-corrected chi connectivity index (χ2v) is 7.08. The highest BCUT2D eigenvalue weighted by Crippen LogP contribution is 2.24. The summed E-state index contributed by atoms with van der Waals surface area (Å²) in [6.07, 6.45) is 1.60. The van der Waals surface area contributed by atoms with Gasteiger partial charge in [0.1, 0.15) is 9.84 Å². The first-order valence-corrected chi connectivity index (χ1v) is 8.91. The van der Waals surface area contributed by atoms with Crippen LogP contribution in [0.1, 0.15) is 11.3 Å². The van der Waals surface area contributed by atoms with Crippen molar-refractivity contribution in [3.8, 4) is 10.6 Å². The van der Waals surface area contributed by atoms with E-state index in [2.05, 4.69) is 41.2 Å². The molecule has 0 bridgehead atoms. The molecule has 0 fully saturated rings. The summed E-state index contributed by atoms with van der Waals surface area (Å²) in [5.41, 5.74) is 3.20. The zero-order valence-electron chi connectivity index (χ0n) is 12.4. The maximum atomic E-state index is 12.4. The molecule has 114 valence electrons. The molecule has 0 aliphatic heterocycles. The molecule has 23 heavy (non-hydrogen) atoms. The lowest BCUT2D eigenvalue weighted by atomic mass is 10.2. The average molecular weight is 339 g/mol. The first-order valence-electron chi connectivity index (χ1n) is 7.15. The smallest absolute Gasteiger partial charge is 0.262 e. The van der Waals surface area contributed by atoms with Crippen LogP contribution in [-0.4, -0.2) is 14.5 Å². The Labute approximate surface area is 140 Å². The number of benzene rings is 1. The van der Waals surface area contributed by atoms with Crippen LogP contribution in [0.3, 0.4) is 0 Å². The Bertz CT molecular complexity index is 1030. The first kappa shape index (κ1) is 14.3. The molecule has 0 atom stereocenters. The van der Waals surface area contributed by atoms with Crippen molar-refractivity contribution in [2.45, 2.75) is 13.5 Å². The molecule has 4 rings (SSSR count). The van der Waals surface area contributed by atoms with E-state index in [1.165, 1.54) is 16.9 Å². The van der Waals surface area contributed by atoms with E-state index >= 15 is 0 Å². The zero-order valence-corrected chi connectivity index (χ0v) is 14.0. The second-order valence-electron chi connectivity index (χ2n) is 5.33. The molecule has 0 aliphatic carbocycles. The van der Waals surface area contributed by atoms with E-state index < -0.39 is 0 Å². The van der Waals surface area contributed by atoms with Gasteiger partial charge in [-0.3, -0.25) is 9.36 Å². The molecule has 0 saturated carbocycles. The summed E-state index contributed by atoms with van der Waals surface area (Å²) in [4.78, 5) is 22.2. The lowest BCUT2D eigenvalue weighted by Crippen LogP contribution is -2.20. The highest BCUT2D eigenvalue weighted by atomic mass is 32.1. The van der Waals surface area contributed by atoms with E-state index in [9.17, 15) is 4.79 Å². The standard InChI is InChI=1S/C17H13N3OS2/c1-11-2-4-12(5-3-11)15-19-13(9-23-15)8-20-10-18-16-14(17(20)21)6-7-22-16/h2-7,9-10H,8H2,1H3. The van der Waals surface area contributed by atoms with Gasteiger partial charge >= 0.3 is 0 Å². The molecular weight excluding hydrogens is 326 g/mol. The maximum absolute atomic E-state index is 12.4. The SMILES string of the molecule is Cc1ccc(-c2nc(Cn3cnc4sccc4c3=O)cs2)cc1. The maximum Gasteiger partial charge on any atom is 0.262 e. The van der Waals surface area contributed by atoms with Gasteiger partial charge in [-0.2, -0.15) is 0 Å². The van der Waals surface area contributed by atoms with Gasteiger partial charge in [-0.25, -0.2) is 9.97 Å². The summed E-state index contributed by atoms with van der Waals surface area (Å²) in [7, 11) is 0. The van der Waals surface area contributed by atoms with Crippen LogP contribution in [0, 0.1) is 6.92 Å². The quantitative estimate of drug-likeness (QED) is 0.568. The third kappa shape index (κ3) is 2.71. The average Bonchev–Trinajstić information content (AvgIpc) is 3.20. The Morgan fingerprint density at radius 2 is 1.96 bits per heavy atom. The fourth-order valence-corrected chi connectivity index (χ4v) is 3.93. The Morgan fingerprint density at radius 3 is 2.78 bits per heavy atom. The fourth-order valence-electron chi connectivity index (χ4n) is 2.39. The van der Waals surface area contributed by atoms with Crippen molar-refractivity contribution < 1.29 is 0 Å². The van der Waals surface area contributed by atoms with Crippen LogP contribution in [0.25, 0.3) is 20.8 Å². The number of rotatable bonds is 3. The largest absolute Gasteiger partial charge is 0.293 e. The van der Waals surface area contributed by atoms with Crippen LogP contribution in [0.4, 0.5) is 0 Å². The zero-order chi connectivity index (χ0) is 15.8. The van der Waals surface area contributed by atoms with Gasteiger partial charge in [0.05, 0.1) is 24.0 Å². The van der Waals surface area contributed by atoms with Crippen molar-refractivity contribution in [1.82, 2.24) is 14.5 Å². The van der Waals surface area contributed by atoms with Gasteiger partial charge in [0.15, 0.2) is 0 Å². The van der Waals surface area contributed by atoms with Crippen molar-refractivity contribution in [1.29, 1.82) is 0 Å². The van der Waals surface area contributed by atoms with Gasteiger partial charge in [0.2, 0.25) is 0 Å². The Morgan fingerprint density at radius 1 is 1.13 bits per heavy atom. The molecule has 0 aliphatic rings. The van der Waals surface area contributed by atoms with Gasteiger partial charge in [0, 0.05) is 10.9 Å². The van der Waals surface area contributed by atoms with E-state index in [0.717, 1.165) is 21.1 Å². The summed E-state index contributed by atoms with van der Waals surface area (Å²) in [5.74, 6) is 0. The predicted molar refractivity (Wildman–Crippen MR) is 95.3 cm³/mol. The van der Waals surface area contributed by atoms with E-state index in [1.807, 2.05) is 16.8 Å². The summed E-state index contributed by atoms with van der Waals surface area (Å²) < 4.78 is 1.61. The molecular formula is C17H13N3OS2. The molecule has 0 spiro atoms. The van der Waals surface area contributed by atoms with Crippen LogP contribution in [0.5, 0.6) is 0 Å². The number of thiazole rings is 1. The molecule has 0 saturated heterocycles. The van der Waals surface area contributed by atoms with Crippen LogP contribution >= 0.6 is 22.7 Å². The highest BCUT2D eigenvalue weighted by molar-refractivity contribution is 7.16. The molecule has 1 aromatic carbocycles. The predicted octanol–water partition coefficient (Wildman–Crippen LogP) is 3.94. The van der Waals surface area contributed by atoms with Crippen molar-refractivity contribution in [3.63, 3.8) is 0 Å². The lowest BCUT2D eigenvalue weighted by Gasteiger charge is -2.02. The molecule has 3 heterocycles. The van der Waals surface area contributed by atoms with Crippen LogP contribution in [0.2, 0.25) is 0 Å². The lowest BCUT2D eigenvalue weighted by molar-refractivity contribution is 0.735. The minimum Gasteiger partial charge on any atom is -0.293 e. The van der Waals surface area contributed by atoms with E-state index in [1.54, 1.807) is 22.2 Å². The summed E-state index contributed by atoms with van der Waals surface area (Å²) in [6.45, 7) is 2.51. The summed E-state index contributed by atoms with van der Waals surface area (Å²) in [5, 5.41) is 5.53. The number of nitrogens with zero attached hydrogens (tertiary/aromatic N) is 3. The Kier molecular flexibility index (Phi) is 3.55. The number of thiophene rings is 1. The van der Waals surface area contributed by atoms with Crippen molar-refractivity contribution in [2.75, 3.05) is 0 Å². The topological polar surface area (TPSA) is 47.8 Å². The fraction of sp³-hybridized carbons (Fsp3) is 0.118. The van der Waals surface area contributed by atoms with Gasteiger partial charge < -0.3 is 0 Å². The van der Waals surface area contributed by atoms with Gasteiger partial charge in [-0.05, 0) is 18.4 Å².